The van der Waals surface area contributed by atoms with Gasteiger partial charge in [-0.2, -0.15) is 0 Å². The number of esters is 1. The molecule has 1 aliphatic carbocycles. The van der Waals surface area contributed by atoms with Gasteiger partial charge in [0.1, 0.15) is 6.10 Å². The molecule has 0 aromatic heterocycles. The van der Waals surface area contributed by atoms with Crippen molar-refractivity contribution in [2.24, 2.45) is 0 Å². The molecule has 1 heterocycles. The highest BCUT2D eigenvalue weighted by Gasteiger charge is 2.33. The number of hydrogen-bond donors (Lipinski definition) is 1. The Labute approximate surface area is 77.4 Å². The first kappa shape index (κ1) is 8.75. The summed E-state index contributed by atoms with van der Waals surface area (Å²) in [6, 6.07) is 0. The summed E-state index contributed by atoms with van der Waals surface area (Å²) in [6.45, 7) is 1.89. The molecule has 0 bridgehead atoms. The van der Waals surface area contributed by atoms with Gasteiger partial charge in [-0.3, -0.25) is 0 Å². The Morgan fingerprint density at radius 1 is 1.54 bits per heavy atom. The predicted molar refractivity (Wildman–Crippen MR) is 47.1 cm³/mol. The van der Waals surface area contributed by atoms with Crippen molar-refractivity contribution in [3.8, 4) is 0 Å². The Bertz CT molecular complexity index is 267. The third-order valence-corrected chi connectivity index (χ3v) is 2.73. The van der Waals surface area contributed by atoms with E-state index >= 15 is 0 Å². The van der Waals surface area contributed by atoms with Crippen LogP contribution >= 0.6 is 0 Å². The molecule has 0 spiro atoms. The van der Waals surface area contributed by atoms with Crippen LogP contribution < -0.4 is 0 Å². The fourth-order valence-corrected chi connectivity index (χ4v) is 2.15. The monoisotopic (exact) mass is 182 g/mol. The lowest BCUT2D eigenvalue weighted by molar-refractivity contribution is -0.146. The van der Waals surface area contributed by atoms with Crippen molar-refractivity contribution in [3.05, 3.63) is 11.1 Å². The molecular weight excluding hydrogens is 168 g/mol. The van der Waals surface area contributed by atoms with Crippen molar-refractivity contribution >= 4 is 5.97 Å². The molecule has 1 aliphatic heterocycles. The third kappa shape index (κ3) is 1.48. The van der Waals surface area contributed by atoms with E-state index in [4.69, 9.17) is 4.74 Å². The molecule has 0 aromatic rings. The van der Waals surface area contributed by atoms with Crippen molar-refractivity contribution in [3.63, 3.8) is 0 Å². The Morgan fingerprint density at radius 3 is 3.08 bits per heavy atom. The van der Waals surface area contributed by atoms with Crippen LogP contribution in [-0.4, -0.2) is 23.3 Å². The first-order valence-electron chi connectivity index (χ1n) is 4.79. The van der Waals surface area contributed by atoms with Crippen molar-refractivity contribution in [1.82, 2.24) is 0 Å². The summed E-state index contributed by atoms with van der Waals surface area (Å²) in [5, 5.41) is 9.60. The van der Waals surface area contributed by atoms with Crippen LogP contribution in [0.4, 0.5) is 0 Å². The van der Waals surface area contributed by atoms with E-state index in [1.165, 1.54) is 0 Å². The van der Waals surface area contributed by atoms with Crippen LogP contribution in [0, 0.1) is 0 Å². The van der Waals surface area contributed by atoms with E-state index in [9.17, 15) is 9.90 Å². The third-order valence-electron chi connectivity index (χ3n) is 2.73. The predicted octanol–water partition coefficient (Wildman–Crippen LogP) is 1.16. The molecule has 0 radical (unpaired) electrons. The van der Waals surface area contributed by atoms with E-state index in [1.54, 1.807) is 0 Å². The second-order valence-electron chi connectivity index (χ2n) is 3.85. The average Bonchev–Trinajstić information content (AvgIpc) is 2.02. The van der Waals surface area contributed by atoms with Gasteiger partial charge in [-0.05, 0) is 26.2 Å². The number of cyclic esters (lactones) is 1. The van der Waals surface area contributed by atoms with Gasteiger partial charge in [-0.15, -0.1) is 0 Å². The number of rotatable bonds is 0. The lowest BCUT2D eigenvalue weighted by atomic mass is 9.85. The van der Waals surface area contributed by atoms with Gasteiger partial charge in [0.15, 0.2) is 0 Å². The quantitative estimate of drug-likeness (QED) is 0.572. The molecule has 1 N–H and O–H groups in total. The Hall–Kier alpha value is -0.830. The number of carbonyl (C=O) groups is 1. The van der Waals surface area contributed by atoms with E-state index in [0.717, 1.165) is 24.8 Å². The average molecular weight is 182 g/mol. The Kier molecular flexibility index (Phi) is 2.12. The van der Waals surface area contributed by atoms with Crippen molar-refractivity contribution in [1.29, 1.82) is 0 Å². The first-order valence-corrected chi connectivity index (χ1v) is 4.79. The van der Waals surface area contributed by atoms with Gasteiger partial charge in [0.2, 0.25) is 0 Å². The van der Waals surface area contributed by atoms with Crippen LogP contribution in [0.15, 0.2) is 11.1 Å². The van der Waals surface area contributed by atoms with Gasteiger partial charge in [0, 0.05) is 6.42 Å². The molecule has 2 rings (SSSR count). The van der Waals surface area contributed by atoms with E-state index in [1.807, 2.05) is 6.92 Å². The molecule has 72 valence electrons. The van der Waals surface area contributed by atoms with Crippen LogP contribution in [-0.2, 0) is 9.53 Å². The Balaban J connectivity index is 2.32. The standard InChI is InChI=1S/C10H14O3/c1-6-5-7-3-2-4-8(11)9(7)10(12)13-6/h6,8,11H,2-5H2,1H3/t6-,8-/m0/s1. The van der Waals surface area contributed by atoms with Gasteiger partial charge in [0.05, 0.1) is 11.7 Å². The number of hydrogen-bond acceptors (Lipinski definition) is 3. The zero-order chi connectivity index (χ0) is 9.42. The van der Waals surface area contributed by atoms with E-state index in [2.05, 4.69) is 0 Å². The topological polar surface area (TPSA) is 46.5 Å². The smallest absolute Gasteiger partial charge is 0.336 e. The number of aliphatic hydroxyl groups is 1. The highest BCUT2D eigenvalue weighted by Crippen LogP contribution is 2.33. The lowest BCUT2D eigenvalue weighted by Gasteiger charge is -2.30. The second-order valence-corrected chi connectivity index (χ2v) is 3.85. The zero-order valence-electron chi connectivity index (χ0n) is 7.75. The van der Waals surface area contributed by atoms with Crippen molar-refractivity contribution < 1.29 is 14.6 Å². The van der Waals surface area contributed by atoms with Crippen LogP contribution in [0.2, 0.25) is 0 Å². The molecule has 2 atom stereocenters. The minimum atomic E-state index is -0.580. The van der Waals surface area contributed by atoms with Crippen LogP contribution in [0.3, 0.4) is 0 Å². The summed E-state index contributed by atoms with van der Waals surface area (Å²) in [6.07, 6.45) is 2.84. The largest absolute Gasteiger partial charge is 0.459 e. The molecule has 0 amide bonds. The normalized spacial score (nSPS) is 34.2. The van der Waals surface area contributed by atoms with Crippen LogP contribution in [0.5, 0.6) is 0 Å². The molecule has 0 saturated heterocycles. The highest BCUT2D eigenvalue weighted by molar-refractivity contribution is 5.91. The van der Waals surface area contributed by atoms with Gasteiger partial charge in [-0.25, -0.2) is 4.79 Å². The zero-order valence-corrected chi connectivity index (χ0v) is 7.75. The molecule has 0 fully saturated rings. The maximum absolute atomic E-state index is 11.4. The van der Waals surface area contributed by atoms with Gasteiger partial charge in [0.25, 0.3) is 0 Å². The molecule has 3 heteroatoms. The minimum Gasteiger partial charge on any atom is -0.459 e. The van der Waals surface area contributed by atoms with Gasteiger partial charge in [-0.1, -0.05) is 5.57 Å². The number of aliphatic hydroxyl groups excluding tert-OH is 1. The van der Waals surface area contributed by atoms with Crippen LogP contribution in [0.1, 0.15) is 32.6 Å². The minimum absolute atomic E-state index is 0.0171. The maximum Gasteiger partial charge on any atom is 0.336 e. The Morgan fingerprint density at radius 2 is 2.31 bits per heavy atom. The van der Waals surface area contributed by atoms with E-state index in [0.29, 0.717) is 12.0 Å². The summed E-state index contributed by atoms with van der Waals surface area (Å²) < 4.78 is 5.07. The molecule has 13 heavy (non-hydrogen) atoms. The molecule has 0 saturated carbocycles. The van der Waals surface area contributed by atoms with Crippen molar-refractivity contribution in [2.45, 2.75) is 44.8 Å². The first-order chi connectivity index (χ1) is 6.18. The summed E-state index contributed by atoms with van der Waals surface area (Å²) >= 11 is 0. The summed E-state index contributed by atoms with van der Waals surface area (Å²) in [4.78, 5) is 11.4. The summed E-state index contributed by atoms with van der Waals surface area (Å²) in [5.41, 5.74) is 1.66. The van der Waals surface area contributed by atoms with Crippen molar-refractivity contribution in [2.75, 3.05) is 0 Å². The van der Waals surface area contributed by atoms with E-state index in [-0.39, 0.29) is 12.1 Å². The molecule has 2 aliphatic rings. The number of ether oxygens (including phenoxy) is 1. The fourth-order valence-electron chi connectivity index (χ4n) is 2.15. The van der Waals surface area contributed by atoms with Gasteiger partial charge < -0.3 is 9.84 Å². The highest BCUT2D eigenvalue weighted by atomic mass is 16.5. The molecular formula is C10H14O3. The summed E-state index contributed by atoms with van der Waals surface area (Å²) in [7, 11) is 0. The number of carbonyl (C=O) groups excluding carboxylic acids is 1. The van der Waals surface area contributed by atoms with Crippen LogP contribution in [0.25, 0.3) is 0 Å². The summed E-state index contributed by atoms with van der Waals surface area (Å²) in [5.74, 6) is -0.305. The molecule has 0 unspecified atom stereocenters. The second kappa shape index (κ2) is 3.14. The lowest BCUT2D eigenvalue weighted by Crippen LogP contribution is -2.32. The fraction of sp³-hybridized carbons (Fsp3) is 0.700. The van der Waals surface area contributed by atoms with Gasteiger partial charge >= 0.3 is 5.97 Å². The SMILES string of the molecule is C[C@H]1CC2=C(C(=O)O1)[C@@H](O)CCC2. The maximum atomic E-state index is 11.4. The molecule has 0 aromatic carbocycles. The van der Waals surface area contributed by atoms with E-state index < -0.39 is 6.10 Å². The molecule has 3 nitrogen and oxygen atoms in total.